The van der Waals surface area contributed by atoms with Crippen molar-refractivity contribution in [2.75, 3.05) is 21.3 Å². The van der Waals surface area contributed by atoms with Crippen molar-refractivity contribution in [2.45, 2.75) is 32.2 Å². The summed E-state index contributed by atoms with van der Waals surface area (Å²) in [5.74, 6) is 2.43. The first-order valence-corrected chi connectivity index (χ1v) is 6.65. The molecule has 0 radical (unpaired) electrons. The molecule has 0 bridgehead atoms. The molecule has 1 N–H and O–H groups in total. The van der Waals surface area contributed by atoms with Gasteiger partial charge in [-0.1, -0.05) is 19.4 Å². The quantitative estimate of drug-likeness (QED) is 0.889. The average molecular weight is 249 g/mol. The van der Waals surface area contributed by atoms with Gasteiger partial charge in [-0.2, -0.15) is 0 Å². The summed E-state index contributed by atoms with van der Waals surface area (Å²) in [6.45, 7) is 2.26. The van der Waals surface area contributed by atoms with Crippen LogP contribution in [0.3, 0.4) is 0 Å². The second kappa shape index (κ2) is 5.61. The average Bonchev–Trinajstić information content (AvgIpc) is 2.44. The first-order chi connectivity index (χ1) is 8.74. The number of rotatable bonds is 4. The molecule has 1 aliphatic rings. The van der Waals surface area contributed by atoms with E-state index in [1.807, 2.05) is 6.07 Å². The Morgan fingerprint density at radius 1 is 1.22 bits per heavy atom. The summed E-state index contributed by atoms with van der Waals surface area (Å²) in [6, 6.07) is 4.75. The summed E-state index contributed by atoms with van der Waals surface area (Å²) in [6.07, 6.45) is 3.33. The van der Waals surface area contributed by atoms with Crippen molar-refractivity contribution in [3.8, 4) is 11.5 Å². The molecule has 0 aromatic heterocycles. The second-order valence-corrected chi connectivity index (χ2v) is 4.91. The minimum absolute atomic E-state index is 0.570. The van der Waals surface area contributed by atoms with Crippen LogP contribution in [0.2, 0.25) is 0 Å². The molecule has 100 valence electrons. The zero-order valence-corrected chi connectivity index (χ0v) is 11.7. The molecule has 18 heavy (non-hydrogen) atoms. The molecule has 0 saturated heterocycles. The molecule has 3 heteroatoms. The fourth-order valence-corrected chi connectivity index (χ4v) is 3.02. The van der Waals surface area contributed by atoms with Crippen LogP contribution in [-0.2, 0) is 12.8 Å². The lowest BCUT2D eigenvalue weighted by Gasteiger charge is -2.33. The highest BCUT2D eigenvalue weighted by molar-refractivity contribution is 5.52. The third-order valence-electron chi connectivity index (χ3n) is 4.12. The first-order valence-electron chi connectivity index (χ1n) is 6.65. The third-order valence-corrected chi connectivity index (χ3v) is 4.12. The van der Waals surface area contributed by atoms with Gasteiger partial charge in [0, 0.05) is 11.6 Å². The van der Waals surface area contributed by atoms with E-state index in [1.54, 1.807) is 14.2 Å². The van der Waals surface area contributed by atoms with Crippen molar-refractivity contribution in [3.63, 3.8) is 0 Å². The Bertz CT molecular complexity index is 417. The van der Waals surface area contributed by atoms with Crippen LogP contribution in [0.1, 0.15) is 24.5 Å². The van der Waals surface area contributed by atoms with Gasteiger partial charge in [-0.3, -0.25) is 0 Å². The lowest BCUT2D eigenvalue weighted by atomic mass is 9.78. The van der Waals surface area contributed by atoms with Crippen molar-refractivity contribution in [2.24, 2.45) is 5.92 Å². The Labute approximate surface area is 109 Å². The van der Waals surface area contributed by atoms with Crippen molar-refractivity contribution in [3.05, 3.63) is 23.3 Å². The predicted molar refractivity (Wildman–Crippen MR) is 73.6 cm³/mol. The Kier molecular flexibility index (Phi) is 4.12. The molecular formula is C15H23NO2. The molecule has 1 unspecified atom stereocenters. The van der Waals surface area contributed by atoms with E-state index in [2.05, 4.69) is 25.4 Å². The van der Waals surface area contributed by atoms with E-state index in [0.29, 0.717) is 12.0 Å². The lowest BCUT2D eigenvalue weighted by Crippen LogP contribution is -2.39. The molecule has 0 aliphatic heterocycles. The number of hydrogen-bond donors (Lipinski definition) is 1. The summed E-state index contributed by atoms with van der Waals surface area (Å²) in [5, 5.41) is 3.44. The van der Waals surface area contributed by atoms with E-state index in [-0.39, 0.29) is 0 Å². The molecule has 0 saturated carbocycles. The molecule has 1 aromatic rings. The van der Waals surface area contributed by atoms with Gasteiger partial charge in [0.25, 0.3) is 0 Å². The van der Waals surface area contributed by atoms with E-state index in [4.69, 9.17) is 9.47 Å². The zero-order chi connectivity index (χ0) is 13.1. The van der Waals surface area contributed by atoms with Crippen LogP contribution in [0.25, 0.3) is 0 Å². The van der Waals surface area contributed by atoms with Gasteiger partial charge in [0.1, 0.15) is 0 Å². The van der Waals surface area contributed by atoms with Crippen LogP contribution >= 0.6 is 0 Å². The van der Waals surface area contributed by atoms with Gasteiger partial charge in [-0.15, -0.1) is 0 Å². The second-order valence-electron chi connectivity index (χ2n) is 4.91. The van der Waals surface area contributed by atoms with Crippen molar-refractivity contribution < 1.29 is 9.47 Å². The van der Waals surface area contributed by atoms with Gasteiger partial charge >= 0.3 is 0 Å². The SMILES string of the molecule is CCC1Cc2c(ccc(OC)c2OC)C[C@@H]1NC. The zero-order valence-electron chi connectivity index (χ0n) is 11.7. The summed E-state index contributed by atoms with van der Waals surface area (Å²) >= 11 is 0. The number of hydrogen-bond acceptors (Lipinski definition) is 3. The van der Waals surface area contributed by atoms with E-state index in [1.165, 1.54) is 17.5 Å². The van der Waals surface area contributed by atoms with Crippen molar-refractivity contribution >= 4 is 0 Å². The predicted octanol–water partition coefficient (Wildman–Crippen LogP) is 2.42. The fraction of sp³-hybridized carbons (Fsp3) is 0.600. The molecule has 0 amide bonds. The Hall–Kier alpha value is -1.22. The normalized spacial score (nSPS) is 22.4. The minimum Gasteiger partial charge on any atom is -0.493 e. The fourth-order valence-electron chi connectivity index (χ4n) is 3.02. The molecular weight excluding hydrogens is 226 g/mol. The van der Waals surface area contributed by atoms with Crippen molar-refractivity contribution in [1.82, 2.24) is 5.32 Å². The molecule has 0 fully saturated rings. The van der Waals surface area contributed by atoms with Gasteiger partial charge in [-0.05, 0) is 37.4 Å². The maximum absolute atomic E-state index is 5.55. The Morgan fingerprint density at radius 2 is 2.00 bits per heavy atom. The van der Waals surface area contributed by atoms with Crippen LogP contribution in [0, 0.1) is 5.92 Å². The van der Waals surface area contributed by atoms with Crippen LogP contribution in [0.15, 0.2) is 12.1 Å². The highest BCUT2D eigenvalue weighted by atomic mass is 16.5. The summed E-state index contributed by atoms with van der Waals surface area (Å²) in [4.78, 5) is 0. The first kappa shape index (κ1) is 13.2. The van der Waals surface area contributed by atoms with E-state index in [0.717, 1.165) is 24.3 Å². The number of fused-ring (bicyclic) bond motifs is 1. The van der Waals surface area contributed by atoms with Gasteiger partial charge in [0.2, 0.25) is 0 Å². The smallest absolute Gasteiger partial charge is 0.164 e. The van der Waals surface area contributed by atoms with Gasteiger partial charge in [0.05, 0.1) is 14.2 Å². The van der Waals surface area contributed by atoms with Crippen LogP contribution < -0.4 is 14.8 Å². The van der Waals surface area contributed by atoms with E-state index in [9.17, 15) is 0 Å². The maximum Gasteiger partial charge on any atom is 0.164 e. The molecule has 2 rings (SSSR count). The standard InChI is InChI=1S/C15H23NO2/c1-5-10-8-12-11(9-13(10)16-2)6-7-14(17-3)15(12)18-4/h6-7,10,13,16H,5,8-9H2,1-4H3/t10?,13-/m0/s1. The Morgan fingerprint density at radius 3 is 2.56 bits per heavy atom. The number of methoxy groups -OCH3 is 2. The van der Waals surface area contributed by atoms with Gasteiger partial charge in [0.15, 0.2) is 11.5 Å². The molecule has 0 spiro atoms. The highest BCUT2D eigenvalue weighted by Crippen LogP contribution is 2.39. The number of ether oxygens (including phenoxy) is 2. The van der Waals surface area contributed by atoms with Crippen LogP contribution in [-0.4, -0.2) is 27.3 Å². The minimum atomic E-state index is 0.570. The van der Waals surface area contributed by atoms with E-state index < -0.39 is 0 Å². The monoisotopic (exact) mass is 249 g/mol. The highest BCUT2D eigenvalue weighted by Gasteiger charge is 2.29. The molecule has 1 aromatic carbocycles. The number of benzene rings is 1. The van der Waals surface area contributed by atoms with Crippen molar-refractivity contribution in [1.29, 1.82) is 0 Å². The number of nitrogens with one attached hydrogen (secondary N) is 1. The van der Waals surface area contributed by atoms with E-state index >= 15 is 0 Å². The summed E-state index contributed by atoms with van der Waals surface area (Å²) in [7, 11) is 5.48. The maximum atomic E-state index is 5.55. The summed E-state index contributed by atoms with van der Waals surface area (Å²) < 4.78 is 10.9. The van der Waals surface area contributed by atoms with Gasteiger partial charge in [-0.25, -0.2) is 0 Å². The topological polar surface area (TPSA) is 30.5 Å². The molecule has 0 heterocycles. The lowest BCUT2D eigenvalue weighted by molar-refractivity contribution is 0.316. The molecule has 2 atom stereocenters. The molecule has 1 aliphatic carbocycles. The third kappa shape index (κ3) is 2.19. The van der Waals surface area contributed by atoms with Crippen LogP contribution in [0.5, 0.6) is 11.5 Å². The van der Waals surface area contributed by atoms with Crippen LogP contribution in [0.4, 0.5) is 0 Å². The largest absolute Gasteiger partial charge is 0.493 e. The number of likely N-dealkylation sites (N-methyl/N-ethyl adjacent to an activating group) is 1. The summed E-state index contributed by atoms with van der Waals surface area (Å²) in [5.41, 5.74) is 2.71. The van der Waals surface area contributed by atoms with Gasteiger partial charge < -0.3 is 14.8 Å². The Balaban J connectivity index is 2.42. The molecule has 3 nitrogen and oxygen atoms in total.